The number of nitrogens with zero attached hydrogens (tertiary/aromatic N) is 1. The minimum Gasteiger partial charge on any atom is -0.388 e. The summed E-state index contributed by atoms with van der Waals surface area (Å²) in [5, 5.41) is 10.1. The van der Waals surface area contributed by atoms with E-state index in [4.69, 9.17) is 15.9 Å². The van der Waals surface area contributed by atoms with Crippen LogP contribution in [0, 0.1) is 12.3 Å². The second kappa shape index (κ2) is 8.16. The highest BCUT2D eigenvalue weighted by Gasteiger charge is 2.13. The van der Waals surface area contributed by atoms with Gasteiger partial charge in [-0.3, -0.25) is 5.41 Å². The first kappa shape index (κ1) is 16.0. The van der Waals surface area contributed by atoms with Crippen LogP contribution in [0.4, 0.5) is 10.5 Å². The van der Waals surface area contributed by atoms with E-state index in [2.05, 4.69) is 5.32 Å². The molecule has 0 heterocycles. The minimum atomic E-state index is -0.214. The second-order valence-corrected chi connectivity index (χ2v) is 4.55. The number of carbonyl (C=O) groups is 1. The second-order valence-electron chi connectivity index (χ2n) is 4.55. The maximum Gasteiger partial charge on any atom is 0.321 e. The standard InChI is InChI=1S/C14H22N4O2/c1-11-4-3-5-12(10-11)17-14(19)18(8-9-20-2)7-6-13(15)16/h3-5,10H,6-9H2,1-2H3,(H3,15,16)(H,17,19). The van der Waals surface area contributed by atoms with Gasteiger partial charge in [0.2, 0.25) is 0 Å². The molecule has 0 aliphatic rings. The summed E-state index contributed by atoms with van der Waals surface area (Å²) in [5.74, 6) is 0.0655. The SMILES string of the molecule is COCCN(CCC(=N)N)C(=O)Nc1cccc(C)c1. The molecule has 0 aromatic heterocycles. The van der Waals surface area contributed by atoms with Crippen molar-refractivity contribution in [2.45, 2.75) is 13.3 Å². The van der Waals surface area contributed by atoms with Gasteiger partial charge in [-0.05, 0) is 24.6 Å². The minimum absolute atomic E-state index is 0.0655. The Labute approximate surface area is 119 Å². The summed E-state index contributed by atoms with van der Waals surface area (Å²) >= 11 is 0. The molecular formula is C14H22N4O2. The molecule has 2 amide bonds. The molecule has 0 fully saturated rings. The number of aryl methyl sites for hydroxylation is 1. The van der Waals surface area contributed by atoms with E-state index in [0.29, 0.717) is 26.1 Å². The Morgan fingerprint density at radius 3 is 2.80 bits per heavy atom. The fourth-order valence-corrected chi connectivity index (χ4v) is 1.70. The molecule has 0 spiro atoms. The fraction of sp³-hybridized carbons (Fsp3) is 0.429. The Bertz CT molecular complexity index is 462. The lowest BCUT2D eigenvalue weighted by Crippen LogP contribution is -2.39. The van der Waals surface area contributed by atoms with Crippen LogP contribution in [0.1, 0.15) is 12.0 Å². The van der Waals surface area contributed by atoms with Gasteiger partial charge in [0.25, 0.3) is 0 Å². The average Bonchev–Trinajstić information content (AvgIpc) is 2.38. The zero-order valence-corrected chi connectivity index (χ0v) is 12.0. The molecule has 0 unspecified atom stereocenters. The Morgan fingerprint density at radius 1 is 1.45 bits per heavy atom. The molecule has 0 aliphatic carbocycles. The van der Waals surface area contributed by atoms with Crippen molar-refractivity contribution >= 4 is 17.6 Å². The smallest absolute Gasteiger partial charge is 0.321 e. The van der Waals surface area contributed by atoms with E-state index in [1.54, 1.807) is 12.0 Å². The molecule has 0 radical (unpaired) electrons. The molecule has 6 nitrogen and oxygen atoms in total. The highest BCUT2D eigenvalue weighted by Crippen LogP contribution is 2.10. The molecule has 0 atom stereocenters. The van der Waals surface area contributed by atoms with Gasteiger partial charge in [0.1, 0.15) is 0 Å². The number of hydrogen-bond donors (Lipinski definition) is 3. The van der Waals surface area contributed by atoms with E-state index < -0.39 is 0 Å². The number of methoxy groups -OCH3 is 1. The Hall–Kier alpha value is -2.08. The number of benzene rings is 1. The van der Waals surface area contributed by atoms with Crippen molar-refractivity contribution in [2.75, 3.05) is 32.1 Å². The number of carbonyl (C=O) groups excluding carboxylic acids is 1. The number of nitrogens with one attached hydrogen (secondary N) is 2. The van der Waals surface area contributed by atoms with Gasteiger partial charge in [-0.25, -0.2) is 4.79 Å². The number of urea groups is 1. The summed E-state index contributed by atoms with van der Waals surface area (Å²) in [6.45, 7) is 3.27. The summed E-state index contributed by atoms with van der Waals surface area (Å²) in [6.07, 6.45) is 0.352. The van der Waals surface area contributed by atoms with E-state index >= 15 is 0 Å². The Kier molecular flexibility index (Phi) is 6.52. The quantitative estimate of drug-likeness (QED) is 0.524. The maximum atomic E-state index is 12.2. The average molecular weight is 278 g/mol. The van der Waals surface area contributed by atoms with E-state index in [-0.39, 0.29) is 11.9 Å². The van der Waals surface area contributed by atoms with Crippen molar-refractivity contribution in [3.63, 3.8) is 0 Å². The van der Waals surface area contributed by atoms with Crippen LogP contribution < -0.4 is 11.1 Å². The van der Waals surface area contributed by atoms with Crippen molar-refractivity contribution in [3.05, 3.63) is 29.8 Å². The van der Waals surface area contributed by atoms with Gasteiger partial charge in [-0.2, -0.15) is 0 Å². The van der Waals surface area contributed by atoms with Crippen molar-refractivity contribution < 1.29 is 9.53 Å². The number of amides is 2. The zero-order valence-electron chi connectivity index (χ0n) is 12.0. The molecule has 1 rings (SSSR count). The Balaban J connectivity index is 2.63. The molecule has 0 bridgehead atoms. The van der Waals surface area contributed by atoms with Gasteiger partial charge in [0, 0.05) is 32.3 Å². The lowest BCUT2D eigenvalue weighted by molar-refractivity contribution is 0.156. The molecule has 1 aromatic carbocycles. The van der Waals surface area contributed by atoms with Gasteiger partial charge in [0.15, 0.2) is 0 Å². The summed E-state index contributed by atoms with van der Waals surface area (Å²) < 4.78 is 4.99. The lowest BCUT2D eigenvalue weighted by atomic mass is 10.2. The van der Waals surface area contributed by atoms with E-state index in [1.165, 1.54) is 0 Å². The van der Waals surface area contributed by atoms with Crippen LogP contribution in [-0.2, 0) is 4.74 Å². The summed E-state index contributed by atoms with van der Waals surface area (Å²) in [6, 6.07) is 7.38. The molecule has 110 valence electrons. The third-order valence-electron chi connectivity index (χ3n) is 2.77. The summed E-state index contributed by atoms with van der Waals surface area (Å²) in [4.78, 5) is 13.8. The third-order valence-corrected chi connectivity index (χ3v) is 2.77. The zero-order chi connectivity index (χ0) is 15.0. The number of rotatable bonds is 7. The Morgan fingerprint density at radius 2 is 2.20 bits per heavy atom. The summed E-state index contributed by atoms with van der Waals surface area (Å²) in [5.41, 5.74) is 7.16. The summed E-state index contributed by atoms with van der Waals surface area (Å²) in [7, 11) is 1.58. The number of anilines is 1. The maximum absolute atomic E-state index is 12.2. The monoisotopic (exact) mass is 278 g/mol. The number of hydrogen-bond acceptors (Lipinski definition) is 3. The largest absolute Gasteiger partial charge is 0.388 e. The number of amidine groups is 1. The molecule has 0 aliphatic heterocycles. The first-order valence-electron chi connectivity index (χ1n) is 6.47. The van der Waals surface area contributed by atoms with Crippen LogP contribution in [0.3, 0.4) is 0 Å². The van der Waals surface area contributed by atoms with Crippen LogP contribution >= 0.6 is 0 Å². The van der Waals surface area contributed by atoms with Crippen LogP contribution in [-0.4, -0.2) is 43.6 Å². The molecule has 0 saturated carbocycles. The van der Waals surface area contributed by atoms with Crippen molar-refractivity contribution in [2.24, 2.45) is 5.73 Å². The van der Waals surface area contributed by atoms with Crippen LogP contribution in [0.15, 0.2) is 24.3 Å². The van der Waals surface area contributed by atoms with Crippen LogP contribution in [0.5, 0.6) is 0 Å². The predicted octanol–water partition coefficient (Wildman–Crippen LogP) is 1.80. The van der Waals surface area contributed by atoms with Crippen molar-refractivity contribution in [1.82, 2.24) is 4.90 Å². The lowest BCUT2D eigenvalue weighted by Gasteiger charge is -2.22. The first-order valence-corrected chi connectivity index (χ1v) is 6.47. The van der Waals surface area contributed by atoms with Gasteiger partial charge >= 0.3 is 6.03 Å². The molecule has 20 heavy (non-hydrogen) atoms. The van der Waals surface area contributed by atoms with E-state index in [0.717, 1.165) is 11.3 Å². The van der Waals surface area contributed by atoms with Gasteiger partial charge in [-0.15, -0.1) is 0 Å². The molecular weight excluding hydrogens is 256 g/mol. The van der Waals surface area contributed by atoms with Crippen molar-refractivity contribution in [3.8, 4) is 0 Å². The van der Waals surface area contributed by atoms with Gasteiger partial charge < -0.3 is 20.7 Å². The molecule has 6 heteroatoms. The molecule has 4 N–H and O–H groups in total. The first-order chi connectivity index (χ1) is 9.52. The third kappa shape index (κ3) is 5.71. The van der Waals surface area contributed by atoms with E-state index in [9.17, 15) is 4.79 Å². The van der Waals surface area contributed by atoms with Gasteiger partial charge in [-0.1, -0.05) is 12.1 Å². The van der Waals surface area contributed by atoms with Crippen molar-refractivity contribution in [1.29, 1.82) is 5.41 Å². The fourth-order valence-electron chi connectivity index (χ4n) is 1.70. The highest BCUT2D eigenvalue weighted by molar-refractivity contribution is 5.89. The van der Waals surface area contributed by atoms with Crippen LogP contribution in [0.2, 0.25) is 0 Å². The topological polar surface area (TPSA) is 91.4 Å². The van der Waals surface area contributed by atoms with Gasteiger partial charge in [0.05, 0.1) is 12.4 Å². The number of nitrogens with two attached hydrogens (primary N) is 1. The molecule has 1 aromatic rings. The van der Waals surface area contributed by atoms with E-state index in [1.807, 2.05) is 31.2 Å². The highest BCUT2D eigenvalue weighted by atomic mass is 16.5. The molecule has 0 saturated heterocycles. The predicted molar refractivity (Wildman–Crippen MR) is 80.2 cm³/mol. The number of ether oxygens (including phenoxy) is 1. The normalized spacial score (nSPS) is 10.1. The van der Waals surface area contributed by atoms with Crippen LogP contribution in [0.25, 0.3) is 0 Å².